The quantitative estimate of drug-likeness (QED) is 0.350. The largest absolute Gasteiger partial charge is 0.573 e. The molecule has 0 N–H and O–H groups in total. The van der Waals surface area contributed by atoms with Crippen molar-refractivity contribution in [2.45, 2.75) is 18.9 Å². The molecule has 0 atom stereocenters. The Balaban J connectivity index is 0.000000308. The summed E-state index contributed by atoms with van der Waals surface area (Å²) in [5.41, 5.74) is -0.757. The van der Waals surface area contributed by atoms with E-state index in [1.807, 2.05) is 0 Å². The normalized spacial score (nSPS) is 11.9. The van der Waals surface area contributed by atoms with Crippen molar-refractivity contribution >= 4 is 21.7 Å². The Kier molecular flexibility index (Phi) is 7.95. The molecular weight excluding hydrogens is 491 g/mol. The van der Waals surface area contributed by atoms with Crippen LogP contribution in [0.15, 0.2) is 53.0 Å². The van der Waals surface area contributed by atoms with Gasteiger partial charge >= 0.3 is 18.9 Å². The fourth-order valence-corrected chi connectivity index (χ4v) is 1.87. The third-order valence-corrected chi connectivity index (χ3v) is 3.18. The molecule has 0 fully saturated rings. The van der Waals surface area contributed by atoms with Crippen LogP contribution in [0.2, 0.25) is 0 Å². The maximum Gasteiger partial charge on any atom is 0.573 e. The molecule has 0 bridgehead atoms. The molecule has 0 aromatic heterocycles. The fourth-order valence-electron chi connectivity index (χ4n) is 1.61. The molecule has 0 amide bonds. The maximum atomic E-state index is 11.9. The van der Waals surface area contributed by atoms with Crippen LogP contribution in [0.5, 0.6) is 11.5 Å². The SMILES string of the molecule is FC(F)(F)Oc1ccc(Br)cc1.O=C(c1ccc(OC(F)(F)F)cc1)C(F)(F)F. The number of rotatable bonds is 3. The van der Waals surface area contributed by atoms with E-state index < -0.39 is 36.0 Å². The topological polar surface area (TPSA) is 35.5 Å². The van der Waals surface area contributed by atoms with Crippen molar-refractivity contribution in [1.82, 2.24) is 0 Å². The average Bonchev–Trinajstić information content (AvgIpc) is 2.54. The lowest BCUT2D eigenvalue weighted by Gasteiger charge is -2.09. The molecule has 0 aliphatic heterocycles. The lowest BCUT2D eigenvalue weighted by Crippen LogP contribution is -2.22. The molecule has 2 rings (SSSR count). The number of Topliss-reactive ketones (excluding diaryl/α,β-unsaturated/α-hetero) is 1. The van der Waals surface area contributed by atoms with Crippen LogP contribution in [-0.4, -0.2) is 24.7 Å². The van der Waals surface area contributed by atoms with E-state index in [0.717, 1.165) is 0 Å². The van der Waals surface area contributed by atoms with Gasteiger partial charge in [0.1, 0.15) is 11.5 Å². The summed E-state index contributed by atoms with van der Waals surface area (Å²) < 4.78 is 114. The third kappa shape index (κ3) is 10.1. The molecule has 0 aliphatic carbocycles. The number of alkyl halides is 9. The van der Waals surface area contributed by atoms with Crippen molar-refractivity contribution in [1.29, 1.82) is 0 Å². The van der Waals surface area contributed by atoms with E-state index in [4.69, 9.17) is 0 Å². The lowest BCUT2D eigenvalue weighted by molar-refractivity contribution is -0.275. The number of hydrogen-bond donors (Lipinski definition) is 0. The highest BCUT2D eigenvalue weighted by atomic mass is 79.9. The van der Waals surface area contributed by atoms with Gasteiger partial charge in [-0.1, -0.05) is 15.9 Å². The van der Waals surface area contributed by atoms with Crippen LogP contribution in [0, 0.1) is 0 Å². The Hall–Kier alpha value is -2.44. The Morgan fingerprint density at radius 1 is 0.655 bits per heavy atom. The van der Waals surface area contributed by atoms with Gasteiger partial charge in [-0.05, 0) is 48.5 Å². The van der Waals surface area contributed by atoms with Gasteiger partial charge in [-0.15, -0.1) is 26.3 Å². The Bertz CT molecular complexity index is 795. The highest BCUT2D eigenvalue weighted by Crippen LogP contribution is 2.26. The van der Waals surface area contributed by atoms with E-state index in [9.17, 15) is 44.3 Å². The van der Waals surface area contributed by atoms with Gasteiger partial charge < -0.3 is 9.47 Å². The molecule has 0 saturated heterocycles. The first kappa shape index (κ1) is 24.6. The van der Waals surface area contributed by atoms with E-state index in [0.29, 0.717) is 28.7 Å². The average molecular weight is 499 g/mol. The zero-order chi connectivity index (χ0) is 22.5. The molecule has 0 unspecified atom stereocenters. The minimum atomic E-state index is -5.06. The Morgan fingerprint density at radius 2 is 1.00 bits per heavy atom. The predicted molar refractivity (Wildman–Crippen MR) is 84.3 cm³/mol. The second-order valence-electron chi connectivity index (χ2n) is 4.90. The van der Waals surface area contributed by atoms with Crippen LogP contribution in [0.4, 0.5) is 39.5 Å². The molecule has 29 heavy (non-hydrogen) atoms. The van der Waals surface area contributed by atoms with Crippen LogP contribution >= 0.6 is 15.9 Å². The van der Waals surface area contributed by atoms with Crippen LogP contribution in [0.3, 0.4) is 0 Å². The summed E-state index contributed by atoms with van der Waals surface area (Å²) in [7, 11) is 0. The van der Waals surface area contributed by atoms with E-state index in [1.165, 1.54) is 24.3 Å². The summed E-state index contributed by atoms with van der Waals surface area (Å²) in [6, 6.07) is 7.89. The van der Waals surface area contributed by atoms with E-state index in [2.05, 4.69) is 25.4 Å². The Labute approximate surface area is 165 Å². The molecule has 13 heteroatoms. The molecule has 0 heterocycles. The van der Waals surface area contributed by atoms with Gasteiger partial charge in [0.25, 0.3) is 5.78 Å². The van der Waals surface area contributed by atoms with Crippen molar-refractivity contribution in [2.24, 2.45) is 0 Å². The lowest BCUT2D eigenvalue weighted by atomic mass is 10.1. The van der Waals surface area contributed by atoms with Crippen molar-refractivity contribution in [2.75, 3.05) is 0 Å². The van der Waals surface area contributed by atoms with Crippen molar-refractivity contribution in [3.8, 4) is 11.5 Å². The van der Waals surface area contributed by atoms with Gasteiger partial charge in [-0.25, -0.2) is 0 Å². The minimum absolute atomic E-state index is 0.217. The second kappa shape index (κ2) is 9.37. The predicted octanol–water partition coefficient (Wildman–Crippen LogP) is 6.68. The summed E-state index contributed by atoms with van der Waals surface area (Å²) in [5, 5.41) is 0. The Morgan fingerprint density at radius 3 is 1.31 bits per heavy atom. The van der Waals surface area contributed by atoms with Crippen LogP contribution in [0.25, 0.3) is 0 Å². The van der Waals surface area contributed by atoms with Gasteiger partial charge in [0.2, 0.25) is 0 Å². The van der Waals surface area contributed by atoms with E-state index >= 15 is 0 Å². The summed E-state index contributed by atoms with van der Waals surface area (Å²) >= 11 is 3.09. The van der Waals surface area contributed by atoms with Crippen LogP contribution in [0.1, 0.15) is 10.4 Å². The number of ketones is 1. The molecule has 2 aromatic carbocycles. The van der Waals surface area contributed by atoms with Gasteiger partial charge in [0, 0.05) is 10.0 Å². The van der Waals surface area contributed by atoms with Crippen molar-refractivity contribution in [3.05, 3.63) is 58.6 Å². The van der Waals surface area contributed by atoms with Gasteiger partial charge in [-0.2, -0.15) is 13.2 Å². The molecular formula is C16H8BrF9O3. The van der Waals surface area contributed by atoms with Crippen LogP contribution < -0.4 is 9.47 Å². The smallest absolute Gasteiger partial charge is 0.406 e. The first-order chi connectivity index (χ1) is 13.1. The number of halogens is 10. The van der Waals surface area contributed by atoms with E-state index in [-0.39, 0.29) is 5.75 Å². The summed E-state index contributed by atoms with van der Waals surface area (Å²) in [5.74, 6) is -3.04. The van der Waals surface area contributed by atoms with Gasteiger partial charge in [0.05, 0.1) is 0 Å². The number of hydrogen-bond acceptors (Lipinski definition) is 3. The highest BCUT2D eigenvalue weighted by Gasteiger charge is 2.39. The first-order valence-electron chi connectivity index (χ1n) is 7.05. The standard InChI is InChI=1S/C9H4F6O2.C7H4BrF3O/c10-8(11,12)7(16)5-1-3-6(4-2-5)17-9(13,14)15;8-5-1-3-6(4-2-5)12-7(9,10)11/h1-4H;1-4H. The first-order valence-corrected chi connectivity index (χ1v) is 7.85. The molecule has 0 radical (unpaired) electrons. The molecule has 0 spiro atoms. The molecule has 160 valence electrons. The molecule has 0 aliphatic rings. The van der Waals surface area contributed by atoms with Crippen molar-refractivity contribution in [3.63, 3.8) is 0 Å². The monoisotopic (exact) mass is 498 g/mol. The van der Waals surface area contributed by atoms with Gasteiger partial charge in [-0.3, -0.25) is 4.79 Å². The zero-order valence-corrected chi connectivity index (χ0v) is 15.2. The zero-order valence-electron chi connectivity index (χ0n) is 13.6. The maximum absolute atomic E-state index is 11.9. The minimum Gasteiger partial charge on any atom is -0.406 e. The number of benzene rings is 2. The van der Waals surface area contributed by atoms with Crippen molar-refractivity contribution < 1.29 is 53.8 Å². The second-order valence-corrected chi connectivity index (χ2v) is 5.82. The molecule has 2 aromatic rings. The number of carbonyl (C=O) groups excluding carboxylic acids is 1. The number of ether oxygens (including phenoxy) is 2. The fraction of sp³-hybridized carbons (Fsp3) is 0.188. The van der Waals surface area contributed by atoms with Gasteiger partial charge in [0.15, 0.2) is 0 Å². The number of carbonyl (C=O) groups is 1. The highest BCUT2D eigenvalue weighted by molar-refractivity contribution is 9.10. The summed E-state index contributed by atoms with van der Waals surface area (Å²) in [6.45, 7) is 0. The third-order valence-electron chi connectivity index (χ3n) is 2.65. The summed E-state index contributed by atoms with van der Waals surface area (Å²) in [6.07, 6.45) is -14.6. The summed E-state index contributed by atoms with van der Waals surface area (Å²) in [4.78, 5) is 10.7. The van der Waals surface area contributed by atoms with Crippen LogP contribution in [-0.2, 0) is 0 Å². The molecule has 3 nitrogen and oxygen atoms in total. The van der Waals surface area contributed by atoms with E-state index in [1.54, 1.807) is 0 Å². The molecule has 0 saturated carbocycles.